The number of hydrogen-bond acceptors (Lipinski definition) is 4. The summed E-state index contributed by atoms with van der Waals surface area (Å²) in [6.45, 7) is 0. The Balaban J connectivity index is 2.37. The number of thiocarbonyl (C=S) groups is 1. The Bertz CT molecular complexity index is 607. The van der Waals surface area contributed by atoms with E-state index in [4.69, 9.17) is 18.0 Å². The average Bonchev–Trinajstić information content (AvgIpc) is 2.87. The Hall–Kier alpha value is -2.28. The highest BCUT2D eigenvalue weighted by atomic mass is 32.1. The first-order chi connectivity index (χ1) is 8.61. The molecular formula is C11H11N5OS. The number of carbonyl (C=O) groups excluding carboxylic acids is 1. The highest BCUT2D eigenvalue weighted by Crippen LogP contribution is 2.07. The molecule has 0 aliphatic rings. The van der Waals surface area contributed by atoms with Crippen molar-refractivity contribution in [1.82, 2.24) is 20.1 Å². The van der Waals surface area contributed by atoms with E-state index in [1.807, 2.05) is 0 Å². The quantitative estimate of drug-likeness (QED) is 0.774. The van der Waals surface area contributed by atoms with Crippen LogP contribution in [0, 0.1) is 0 Å². The molecule has 0 aliphatic heterocycles. The van der Waals surface area contributed by atoms with Crippen molar-refractivity contribution in [2.75, 3.05) is 7.05 Å². The standard InChI is InChI=1S/C11H11N5OS/c1-13-11(17)8-3-5-16(15-8)9-6-7(10(12)18)2-4-14-9/h2-6H,1H3,(H2,12,18)(H,13,17). The molecule has 0 saturated heterocycles. The monoisotopic (exact) mass is 261 g/mol. The summed E-state index contributed by atoms with van der Waals surface area (Å²) in [6, 6.07) is 5.03. The zero-order chi connectivity index (χ0) is 13.1. The van der Waals surface area contributed by atoms with Crippen molar-refractivity contribution in [3.05, 3.63) is 41.9 Å². The molecule has 7 heteroatoms. The van der Waals surface area contributed by atoms with Crippen molar-refractivity contribution < 1.29 is 4.79 Å². The number of aromatic nitrogens is 3. The fourth-order valence-corrected chi connectivity index (χ4v) is 1.52. The highest BCUT2D eigenvalue weighted by Gasteiger charge is 2.09. The smallest absolute Gasteiger partial charge is 0.271 e. The van der Waals surface area contributed by atoms with Gasteiger partial charge in [0.25, 0.3) is 5.91 Å². The molecule has 2 aromatic heterocycles. The number of nitrogens with one attached hydrogen (secondary N) is 1. The molecule has 2 heterocycles. The number of rotatable bonds is 3. The van der Waals surface area contributed by atoms with Crippen LogP contribution < -0.4 is 11.1 Å². The zero-order valence-electron chi connectivity index (χ0n) is 9.62. The first-order valence-electron chi connectivity index (χ1n) is 5.16. The van der Waals surface area contributed by atoms with Gasteiger partial charge in [-0.15, -0.1) is 0 Å². The summed E-state index contributed by atoms with van der Waals surface area (Å²) < 4.78 is 1.49. The van der Waals surface area contributed by atoms with Gasteiger partial charge in [0.05, 0.1) is 0 Å². The largest absolute Gasteiger partial charge is 0.389 e. The maximum atomic E-state index is 11.4. The van der Waals surface area contributed by atoms with E-state index in [1.165, 1.54) is 4.68 Å². The molecular weight excluding hydrogens is 250 g/mol. The molecule has 0 radical (unpaired) electrons. The van der Waals surface area contributed by atoms with Gasteiger partial charge < -0.3 is 11.1 Å². The summed E-state index contributed by atoms with van der Waals surface area (Å²) in [6.07, 6.45) is 3.24. The van der Waals surface area contributed by atoms with Gasteiger partial charge in [0.2, 0.25) is 0 Å². The first kappa shape index (κ1) is 12.2. The fraction of sp³-hybridized carbons (Fsp3) is 0.0909. The Morgan fingerprint density at radius 3 is 2.94 bits per heavy atom. The van der Waals surface area contributed by atoms with E-state index >= 15 is 0 Å². The van der Waals surface area contributed by atoms with Crippen LogP contribution in [0.2, 0.25) is 0 Å². The van der Waals surface area contributed by atoms with Crippen LogP contribution in [0.25, 0.3) is 5.82 Å². The van der Waals surface area contributed by atoms with Crippen molar-refractivity contribution in [3.8, 4) is 5.82 Å². The molecule has 18 heavy (non-hydrogen) atoms. The second-order valence-electron chi connectivity index (χ2n) is 3.49. The van der Waals surface area contributed by atoms with Gasteiger partial charge in [-0.25, -0.2) is 9.67 Å². The van der Waals surface area contributed by atoms with E-state index in [-0.39, 0.29) is 10.9 Å². The third kappa shape index (κ3) is 2.35. The lowest BCUT2D eigenvalue weighted by Crippen LogP contribution is -2.18. The van der Waals surface area contributed by atoms with Gasteiger partial charge in [-0.3, -0.25) is 4.79 Å². The fourth-order valence-electron chi connectivity index (χ4n) is 1.40. The van der Waals surface area contributed by atoms with Crippen LogP contribution in [0.4, 0.5) is 0 Å². The molecule has 0 aliphatic carbocycles. The van der Waals surface area contributed by atoms with E-state index in [2.05, 4.69) is 15.4 Å². The molecule has 1 amide bonds. The van der Waals surface area contributed by atoms with Crippen molar-refractivity contribution in [1.29, 1.82) is 0 Å². The Morgan fingerprint density at radius 1 is 1.50 bits per heavy atom. The lowest BCUT2D eigenvalue weighted by Gasteiger charge is -2.02. The van der Waals surface area contributed by atoms with E-state index < -0.39 is 0 Å². The summed E-state index contributed by atoms with van der Waals surface area (Å²) in [7, 11) is 1.55. The summed E-state index contributed by atoms with van der Waals surface area (Å²) >= 11 is 4.89. The van der Waals surface area contributed by atoms with Gasteiger partial charge >= 0.3 is 0 Å². The number of hydrogen-bond donors (Lipinski definition) is 2. The Morgan fingerprint density at radius 2 is 2.28 bits per heavy atom. The zero-order valence-corrected chi connectivity index (χ0v) is 10.4. The normalized spacial score (nSPS) is 10.1. The van der Waals surface area contributed by atoms with Crippen LogP contribution in [0.3, 0.4) is 0 Å². The molecule has 0 spiro atoms. The van der Waals surface area contributed by atoms with Crippen molar-refractivity contribution in [3.63, 3.8) is 0 Å². The number of pyridine rings is 1. The van der Waals surface area contributed by atoms with Crippen molar-refractivity contribution in [2.24, 2.45) is 5.73 Å². The summed E-state index contributed by atoms with van der Waals surface area (Å²) in [5, 5.41) is 6.61. The van der Waals surface area contributed by atoms with Gasteiger partial charge in [-0.05, 0) is 18.2 Å². The SMILES string of the molecule is CNC(=O)c1ccn(-c2cc(C(N)=S)ccn2)n1. The summed E-state index contributed by atoms with van der Waals surface area (Å²) in [4.78, 5) is 15.8. The molecule has 92 valence electrons. The van der Waals surface area contributed by atoms with Gasteiger partial charge in [0.15, 0.2) is 11.5 Å². The van der Waals surface area contributed by atoms with Gasteiger partial charge in [0.1, 0.15) is 4.99 Å². The predicted molar refractivity (Wildman–Crippen MR) is 70.6 cm³/mol. The highest BCUT2D eigenvalue weighted by molar-refractivity contribution is 7.80. The number of carbonyl (C=O) groups is 1. The minimum absolute atomic E-state index is 0.251. The van der Waals surface area contributed by atoms with E-state index in [0.29, 0.717) is 17.1 Å². The molecule has 0 aromatic carbocycles. The number of nitrogens with zero attached hydrogens (tertiary/aromatic N) is 3. The average molecular weight is 261 g/mol. The minimum atomic E-state index is -0.251. The van der Waals surface area contributed by atoms with Crippen LogP contribution in [-0.4, -0.2) is 32.7 Å². The maximum Gasteiger partial charge on any atom is 0.271 e. The van der Waals surface area contributed by atoms with Crippen molar-refractivity contribution >= 4 is 23.1 Å². The molecule has 0 bridgehead atoms. The van der Waals surface area contributed by atoms with Gasteiger partial charge in [-0.2, -0.15) is 5.10 Å². The summed E-state index contributed by atoms with van der Waals surface area (Å²) in [5.41, 5.74) is 6.57. The lowest BCUT2D eigenvalue weighted by molar-refractivity contribution is 0.0957. The number of amides is 1. The molecule has 6 nitrogen and oxygen atoms in total. The lowest BCUT2D eigenvalue weighted by atomic mass is 10.2. The first-order valence-corrected chi connectivity index (χ1v) is 5.56. The Labute approximate surface area is 109 Å². The Kier molecular flexibility index (Phi) is 3.33. The third-order valence-corrected chi connectivity index (χ3v) is 2.55. The van der Waals surface area contributed by atoms with E-state index in [1.54, 1.807) is 37.6 Å². The third-order valence-electron chi connectivity index (χ3n) is 2.31. The van der Waals surface area contributed by atoms with Crippen LogP contribution in [0.15, 0.2) is 30.6 Å². The maximum absolute atomic E-state index is 11.4. The van der Waals surface area contributed by atoms with Crippen LogP contribution in [0.5, 0.6) is 0 Å². The van der Waals surface area contributed by atoms with Crippen LogP contribution >= 0.6 is 12.2 Å². The second kappa shape index (κ2) is 4.92. The molecule has 2 aromatic rings. The van der Waals surface area contributed by atoms with Crippen molar-refractivity contribution in [2.45, 2.75) is 0 Å². The van der Waals surface area contributed by atoms with Crippen LogP contribution in [-0.2, 0) is 0 Å². The molecule has 0 fully saturated rings. The molecule has 0 unspecified atom stereocenters. The molecule has 0 atom stereocenters. The molecule has 0 saturated carbocycles. The molecule has 3 N–H and O–H groups in total. The minimum Gasteiger partial charge on any atom is -0.389 e. The van der Waals surface area contributed by atoms with E-state index in [0.717, 1.165) is 0 Å². The second-order valence-corrected chi connectivity index (χ2v) is 3.93. The predicted octanol–water partition coefficient (Wildman–Crippen LogP) is 0.261. The van der Waals surface area contributed by atoms with E-state index in [9.17, 15) is 4.79 Å². The number of nitrogens with two attached hydrogens (primary N) is 1. The van der Waals surface area contributed by atoms with Gasteiger partial charge in [0, 0.05) is 25.0 Å². The van der Waals surface area contributed by atoms with Crippen LogP contribution in [0.1, 0.15) is 16.1 Å². The summed E-state index contributed by atoms with van der Waals surface area (Å²) in [5.74, 6) is 0.301. The molecule has 2 rings (SSSR count). The topological polar surface area (TPSA) is 85.8 Å². The van der Waals surface area contributed by atoms with Gasteiger partial charge in [-0.1, -0.05) is 12.2 Å².